The second-order valence-electron chi connectivity index (χ2n) is 5.89. The van der Waals surface area contributed by atoms with E-state index in [1.807, 2.05) is 24.4 Å². The lowest BCUT2D eigenvalue weighted by molar-refractivity contribution is -0.137. The van der Waals surface area contributed by atoms with Crippen LogP contribution in [0.15, 0.2) is 46.6 Å². The Morgan fingerprint density at radius 2 is 1.89 bits per heavy atom. The van der Waals surface area contributed by atoms with E-state index in [1.54, 1.807) is 0 Å². The number of alkyl halides is 3. The monoisotopic (exact) mass is 407 g/mol. The van der Waals surface area contributed by atoms with E-state index < -0.39 is 11.7 Å². The Morgan fingerprint density at radius 3 is 2.52 bits per heavy atom. The molecule has 4 nitrogen and oxygen atoms in total. The van der Waals surface area contributed by atoms with Gasteiger partial charge in [-0.25, -0.2) is 9.67 Å². The van der Waals surface area contributed by atoms with Crippen LogP contribution >= 0.6 is 22.7 Å². The summed E-state index contributed by atoms with van der Waals surface area (Å²) < 4.78 is 40.2. The molecule has 0 spiro atoms. The Labute approximate surface area is 159 Å². The van der Waals surface area contributed by atoms with Crippen molar-refractivity contribution in [2.75, 3.05) is 0 Å². The van der Waals surface area contributed by atoms with Crippen molar-refractivity contribution >= 4 is 32.9 Å². The maximum Gasteiger partial charge on any atom is 0.416 e. The van der Waals surface area contributed by atoms with Crippen LogP contribution in [0.1, 0.15) is 16.1 Å². The first-order valence-electron chi connectivity index (χ1n) is 7.91. The van der Waals surface area contributed by atoms with Crippen molar-refractivity contribution in [2.24, 2.45) is 0 Å². The molecule has 0 unspecified atom stereocenters. The van der Waals surface area contributed by atoms with E-state index in [4.69, 9.17) is 0 Å². The summed E-state index contributed by atoms with van der Waals surface area (Å²) in [5, 5.41) is 7.16. The second kappa shape index (κ2) is 6.58. The van der Waals surface area contributed by atoms with E-state index in [0.717, 1.165) is 26.7 Å². The minimum Gasteiger partial charge on any atom is -0.265 e. The zero-order chi connectivity index (χ0) is 19.2. The fourth-order valence-corrected chi connectivity index (χ4v) is 4.41. The molecule has 0 atom stereocenters. The van der Waals surface area contributed by atoms with Crippen LogP contribution < -0.4 is 5.56 Å². The number of thiazole rings is 1. The Hall–Kier alpha value is -2.52. The lowest BCUT2D eigenvalue weighted by atomic mass is 10.1. The van der Waals surface area contributed by atoms with Crippen LogP contribution in [-0.2, 0) is 12.7 Å². The van der Waals surface area contributed by atoms with Crippen molar-refractivity contribution in [3.8, 4) is 10.6 Å². The maximum atomic E-state index is 12.8. The lowest BCUT2D eigenvalue weighted by Crippen LogP contribution is -2.24. The van der Waals surface area contributed by atoms with Crippen LogP contribution in [0.2, 0.25) is 0 Å². The smallest absolute Gasteiger partial charge is 0.265 e. The first kappa shape index (κ1) is 17.9. The van der Waals surface area contributed by atoms with E-state index in [9.17, 15) is 18.0 Å². The second-order valence-corrected chi connectivity index (χ2v) is 8.04. The molecular weight excluding hydrogens is 395 g/mol. The summed E-state index contributed by atoms with van der Waals surface area (Å²) in [6.45, 7) is 1.89. The van der Waals surface area contributed by atoms with Gasteiger partial charge in [0.25, 0.3) is 5.56 Å². The first-order chi connectivity index (χ1) is 12.8. The number of rotatable bonds is 3. The fraction of sp³-hybridized carbons (Fsp3) is 0.167. The predicted molar refractivity (Wildman–Crippen MR) is 100 cm³/mol. The third-order valence-electron chi connectivity index (χ3n) is 3.98. The summed E-state index contributed by atoms with van der Waals surface area (Å²) in [5.41, 5.74) is 0.479. The molecule has 0 bridgehead atoms. The molecule has 9 heteroatoms. The number of hydrogen-bond acceptors (Lipinski definition) is 5. The number of halogens is 3. The van der Waals surface area contributed by atoms with Crippen LogP contribution in [-0.4, -0.2) is 14.8 Å². The van der Waals surface area contributed by atoms with Gasteiger partial charge in [-0.3, -0.25) is 4.79 Å². The van der Waals surface area contributed by atoms with E-state index in [-0.39, 0.29) is 12.1 Å². The molecular formula is C18H12F3N3OS2. The topological polar surface area (TPSA) is 47.8 Å². The van der Waals surface area contributed by atoms with Crippen molar-refractivity contribution in [3.63, 3.8) is 0 Å². The number of aromatic nitrogens is 3. The molecule has 1 aromatic carbocycles. The molecule has 4 rings (SSSR count). The Bertz CT molecular complexity index is 1160. The average molecular weight is 407 g/mol. The van der Waals surface area contributed by atoms with Crippen LogP contribution in [0.4, 0.5) is 13.2 Å². The van der Waals surface area contributed by atoms with Gasteiger partial charge in [-0.15, -0.1) is 22.7 Å². The summed E-state index contributed by atoms with van der Waals surface area (Å²) in [7, 11) is 0. The molecule has 3 heterocycles. The van der Waals surface area contributed by atoms with Gasteiger partial charge in [-0.1, -0.05) is 18.2 Å². The maximum absolute atomic E-state index is 12.8. The van der Waals surface area contributed by atoms with Gasteiger partial charge in [0.2, 0.25) is 0 Å². The third kappa shape index (κ3) is 3.40. The van der Waals surface area contributed by atoms with Crippen molar-refractivity contribution in [2.45, 2.75) is 19.6 Å². The fourth-order valence-electron chi connectivity index (χ4n) is 2.72. The highest BCUT2D eigenvalue weighted by atomic mass is 32.1. The highest BCUT2D eigenvalue weighted by Crippen LogP contribution is 2.32. The Kier molecular flexibility index (Phi) is 4.35. The predicted octanol–water partition coefficient (Wildman–Crippen LogP) is 4.96. The normalized spacial score (nSPS) is 12.0. The molecule has 0 aliphatic rings. The van der Waals surface area contributed by atoms with Gasteiger partial charge < -0.3 is 0 Å². The van der Waals surface area contributed by atoms with Gasteiger partial charge in [0, 0.05) is 0 Å². The highest BCUT2D eigenvalue weighted by molar-refractivity contribution is 7.20. The number of fused-ring (bicyclic) bond motifs is 1. The number of nitrogens with zero attached hydrogens (tertiary/aromatic N) is 3. The minimum absolute atomic E-state index is 0.0713. The van der Waals surface area contributed by atoms with E-state index >= 15 is 0 Å². The van der Waals surface area contributed by atoms with Crippen LogP contribution in [0.3, 0.4) is 0 Å². The van der Waals surface area contributed by atoms with Crippen molar-refractivity contribution in [1.82, 2.24) is 14.8 Å². The summed E-state index contributed by atoms with van der Waals surface area (Å²) >= 11 is 2.91. The lowest BCUT2D eigenvalue weighted by Gasteiger charge is -2.10. The van der Waals surface area contributed by atoms with Gasteiger partial charge in [0.15, 0.2) is 5.52 Å². The standard InChI is InChI=1S/C18H12F3N3OS2/c1-10-22-15-16(27-10)14(13-3-2-8-26-13)23-24(17(15)25)9-11-4-6-12(7-5-11)18(19,20)21/h2-8H,9H2,1H3. The molecule has 0 N–H and O–H groups in total. The zero-order valence-corrected chi connectivity index (χ0v) is 15.6. The van der Waals surface area contributed by atoms with Crippen molar-refractivity contribution < 1.29 is 13.2 Å². The highest BCUT2D eigenvalue weighted by Gasteiger charge is 2.30. The summed E-state index contributed by atoms with van der Waals surface area (Å²) in [4.78, 5) is 18.0. The number of thiophene rings is 1. The molecule has 27 heavy (non-hydrogen) atoms. The van der Waals surface area contributed by atoms with E-state index in [2.05, 4.69) is 10.1 Å². The quantitative estimate of drug-likeness (QED) is 0.482. The third-order valence-corrected chi connectivity index (χ3v) is 5.83. The van der Waals surface area contributed by atoms with E-state index in [1.165, 1.54) is 39.5 Å². The zero-order valence-electron chi connectivity index (χ0n) is 13.9. The first-order valence-corrected chi connectivity index (χ1v) is 9.61. The van der Waals surface area contributed by atoms with Crippen molar-refractivity contribution in [3.05, 3.63) is 68.3 Å². The van der Waals surface area contributed by atoms with Gasteiger partial charge in [0.1, 0.15) is 5.69 Å². The summed E-state index contributed by atoms with van der Waals surface area (Å²) in [5.74, 6) is 0. The minimum atomic E-state index is -4.39. The number of benzene rings is 1. The molecule has 0 radical (unpaired) electrons. The van der Waals surface area contributed by atoms with Gasteiger partial charge >= 0.3 is 6.18 Å². The summed E-state index contributed by atoms with van der Waals surface area (Å²) in [6, 6.07) is 8.54. The van der Waals surface area contributed by atoms with Gasteiger partial charge in [-0.05, 0) is 36.1 Å². The van der Waals surface area contributed by atoms with Crippen molar-refractivity contribution in [1.29, 1.82) is 0 Å². The Morgan fingerprint density at radius 1 is 1.15 bits per heavy atom. The number of aryl methyl sites for hydroxylation is 1. The molecule has 0 saturated heterocycles. The Balaban J connectivity index is 1.80. The SMILES string of the molecule is Cc1nc2c(=O)n(Cc3ccc(C(F)(F)F)cc3)nc(-c3cccs3)c2s1. The molecule has 0 fully saturated rings. The molecule has 0 aliphatic heterocycles. The van der Waals surface area contributed by atoms with E-state index in [0.29, 0.717) is 16.8 Å². The van der Waals surface area contributed by atoms with Crippen LogP contribution in [0.5, 0.6) is 0 Å². The molecule has 0 aliphatic carbocycles. The number of hydrogen-bond donors (Lipinski definition) is 0. The summed E-state index contributed by atoms with van der Waals surface area (Å²) in [6.07, 6.45) is -4.39. The molecule has 0 amide bonds. The molecule has 4 aromatic rings. The largest absolute Gasteiger partial charge is 0.416 e. The molecule has 138 valence electrons. The van der Waals surface area contributed by atoms with Crippen LogP contribution in [0, 0.1) is 6.92 Å². The van der Waals surface area contributed by atoms with Gasteiger partial charge in [0.05, 0.1) is 26.7 Å². The van der Waals surface area contributed by atoms with Gasteiger partial charge in [-0.2, -0.15) is 18.3 Å². The van der Waals surface area contributed by atoms with Crippen LogP contribution in [0.25, 0.3) is 20.8 Å². The molecule has 3 aromatic heterocycles. The molecule has 0 saturated carbocycles. The average Bonchev–Trinajstić information content (AvgIpc) is 3.27.